The highest BCUT2D eigenvalue weighted by Gasteiger charge is 2.43. The number of nitrogens with zero attached hydrogens (tertiary/aromatic N) is 2. The lowest BCUT2D eigenvalue weighted by atomic mass is 9.81. The van der Waals surface area contributed by atoms with E-state index in [4.69, 9.17) is 14.2 Å². The van der Waals surface area contributed by atoms with Crippen LogP contribution in [0.25, 0.3) is 0 Å². The average Bonchev–Trinajstić information content (AvgIpc) is 3.11. The molecule has 3 fully saturated rings. The second kappa shape index (κ2) is 8.89. The number of aryl methyl sites for hydroxylation is 1. The van der Waals surface area contributed by atoms with Crippen molar-refractivity contribution < 1.29 is 27.4 Å². The molecule has 0 unspecified atom stereocenters. The highest BCUT2D eigenvalue weighted by Crippen LogP contribution is 2.39. The molecule has 1 aromatic rings. The summed E-state index contributed by atoms with van der Waals surface area (Å²) in [6.45, 7) is 3.16. The lowest BCUT2D eigenvalue weighted by Gasteiger charge is -2.33. The van der Waals surface area contributed by atoms with E-state index in [1.807, 2.05) is 6.07 Å². The van der Waals surface area contributed by atoms with Crippen LogP contribution in [0.5, 0.6) is 5.88 Å². The van der Waals surface area contributed by atoms with Gasteiger partial charge in [0.2, 0.25) is 15.9 Å². The molecule has 2 atom stereocenters. The first-order chi connectivity index (χ1) is 15.4. The smallest absolute Gasteiger partial charge is 0.260 e. The Morgan fingerprint density at radius 2 is 1.91 bits per heavy atom. The van der Waals surface area contributed by atoms with Gasteiger partial charge >= 0.3 is 0 Å². The van der Waals surface area contributed by atoms with Gasteiger partial charge in [-0.25, -0.2) is 18.1 Å². The van der Waals surface area contributed by atoms with Crippen molar-refractivity contribution in [3.8, 4) is 5.88 Å². The maximum Gasteiger partial charge on any atom is 0.260 e. The fourth-order valence-corrected chi connectivity index (χ4v) is 6.77. The number of carbonyl (C=O) groups excluding carboxylic acids is 1. The van der Waals surface area contributed by atoms with E-state index < -0.39 is 15.3 Å². The summed E-state index contributed by atoms with van der Waals surface area (Å²) in [5.41, 5.74) is 2.24. The van der Waals surface area contributed by atoms with E-state index in [0.717, 1.165) is 36.8 Å². The standard InChI is InChI=1S/C22H31N3O6S/c1-14-6-8-23-22-21(14)15-2-4-16(5-3-15)30-12-19-18(7-9-25(19)20(26)13-31-22)24-32(27,28)17-10-29-11-17/h6,8,15-19,24H,2-5,7,9-13H2,1H3/t15-,16+,18-,19-/m0/s1. The molecule has 1 amide bonds. The fourth-order valence-electron chi connectivity index (χ4n) is 5.33. The summed E-state index contributed by atoms with van der Waals surface area (Å²) in [5.74, 6) is 0.714. The quantitative estimate of drug-likeness (QED) is 0.713. The Bertz CT molecular complexity index is 958. The predicted molar refractivity (Wildman–Crippen MR) is 116 cm³/mol. The summed E-state index contributed by atoms with van der Waals surface area (Å²) < 4.78 is 45.4. The molecule has 6 rings (SSSR count). The largest absolute Gasteiger partial charge is 0.467 e. The van der Waals surface area contributed by atoms with E-state index >= 15 is 0 Å². The van der Waals surface area contributed by atoms with Crippen molar-refractivity contribution >= 4 is 15.9 Å². The number of carbonyl (C=O) groups is 1. The molecule has 2 bridgehead atoms. The topological polar surface area (TPSA) is 107 Å². The van der Waals surface area contributed by atoms with Crippen molar-refractivity contribution in [3.63, 3.8) is 0 Å². The SMILES string of the molecule is Cc1ccnc2c1[C@H]1CC[C@H](CC1)OC[C@H]1[C@@H](NS(=O)(=O)C3COC3)CCN1C(=O)CO2. The van der Waals surface area contributed by atoms with E-state index in [1.54, 1.807) is 11.1 Å². The minimum absolute atomic E-state index is 0.114. The molecule has 4 aliphatic heterocycles. The molecule has 1 aromatic heterocycles. The molecule has 10 heteroatoms. The average molecular weight is 466 g/mol. The monoisotopic (exact) mass is 465 g/mol. The Labute approximate surface area is 188 Å². The van der Waals surface area contributed by atoms with Crippen molar-refractivity contribution in [1.82, 2.24) is 14.6 Å². The first-order valence-electron chi connectivity index (χ1n) is 11.5. The summed E-state index contributed by atoms with van der Waals surface area (Å²) >= 11 is 0. The molecule has 1 aliphatic carbocycles. The number of ether oxygens (including phenoxy) is 3. The molecule has 176 valence electrons. The van der Waals surface area contributed by atoms with Crippen LogP contribution >= 0.6 is 0 Å². The summed E-state index contributed by atoms with van der Waals surface area (Å²) in [7, 11) is -3.50. The van der Waals surface area contributed by atoms with Crippen molar-refractivity contribution in [3.05, 3.63) is 23.4 Å². The number of amides is 1. The zero-order chi connectivity index (χ0) is 22.3. The number of fused-ring (bicyclic) bond motifs is 5. The molecule has 32 heavy (non-hydrogen) atoms. The second-order valence-corrected chi connectivity index (χ2v) is 11.3. The lowest BCUT2D eigenvalue weighted by molar-refractivity contribution is -0.136. The molecular weight excluding hydrogens is 434 g/mol. The fraction of sp³-hybridized carbons (Fsp3) is 0.727. The Morgan fingerprint density at radius 3 is 2.62 bits per heavy atom. The maximum absolute atomic E-state index is 13.1. The van der Waals surface area contributed by atoms with Crippen molar-refractivity contribution in [2.24, 2.45) is 0 Å². The van der Waals surface area contributed by atoms with Gasteiger partial charge in [0.25, 0.3) is 5.91 Å². The molecule has 5 aliphatic rings. The third-order valence-electron chi connectivity index (χ3n) is 7.32. The third kappa shape index (κ3) is 4.25. The Hall–Kier alpha value is -1.75. The first kappa shape index (κ1) is 22.1. The number of hydrogen-bond donors (Lipinski definition) is 1. The molecule has 1 N–H and O–H groups in total. The third-order valence-corrected chi connectivity index (χ3v) is 9.10. The van der Waals surface area contributed by atoms with Gasteiger partial charge in [0, 0.05) is 24.3 Å². The van der Waals surface area contributed by atoms with Crippen molar-refractivity contribution in [2.75, 3.05) is 33.0 Å². The van der Waals surface area contributed by atoms with Gasteiger partial charge in [0.15, 0.2) is 6.61 Å². The van der Waals surface area contributed by atoms with Crippen LogP contribution < -0.4 is 9.46 Å². The summed E-state index contributed by atoms with van der Waals surface area (Å²) in [6, 6.07) is 1.26. The van der Waals surface area contributed by atoms with Gasteiger partial charge < -0.3 is 19.1 Å². The van der Waals surface area contributed by atoms with Crippen LogP contribution in [0.1, 0.15) is 49.1 Å². The van der Waals surface area contributed by atoms with E-state index in [0.29, 0.717) is 31.4 Å². The van der Waals surface area contributed by atoms with Crippen molar-refractivity contribution in [1.29, 1.82) is 0 Å². The van der Waals surface area contributed by atoms with Crippen LogP contribution in [0.3, 0.4) is 0 Å². The minimum atomic E-state index is -3.50. The van der Waals surface area contributed by atoms with Gasteiger partial charge in [-0.1, -0.05) is 0 Å². The number of sulfonamides is 1. The van der Waals surface area contributed by atoms with Gasteiger partial charge in [-0.05, 0) is 56.6 Å². The van der Waals surface area contributed by atoms with E-state index in [-0.39, 0.29) is 43.9 Å². The van der Waals surface area contributed by atoms with E-state index in [2.05, 4.69) is 16.6 Å². The van der Waals surface area contributed by atoms with Gasteiger partial charge in [-0.3, -0.25) is 4.79 Å². The molecule has 0 radical (unpaired) electrons. The molecule has 2 saturated heterocycles. The Balaban J connectivity index is 1.38. The van der Waals surface area contributed by atoms with Gasteiger partial charge in [-0.15, -0.1) is 0 Å². The van der Waals surface area contributed by atoms with E-state index in [1.165, 1.54) is 0 Å². The van der Waals surface area contributed by atoms with Crippen LogP contribution in [0.2, 0.25) is 0 Å². The highest BCUT2D eigenvalue weighted by molar-refractivity contribution is 7.90. The normalized spacial score (nSPS) is 31.5. The Kier molecular flexibility index (Phi) is 6.13. The van der Waals surface area contributed by atoms with Crippen LogP contribution in [0, 0.1) is 6.92 Å². The van der Waals surface area contributed by atoms with Gasteiger partial charge in [0.1, 0.15) is 5.25 Å². The number of aromatic nitrogens is 1. The highest BCUT2D eigenvalue weighted by atomic mass is 32.2. The Morgan fingerprint density at radius 1 is 1.12 bits per heavy atom. The van der Waals surface area contributed by atoms with Crippen LogP contribution in [-0.2, 0) is 24.3 Å². The molecule has 5 heterocycles. The lowest BCUT2D eigenvalue weighted by Crippen LogP contribution is -2.54. The number of nitrogens with one attached hydrogen (secondary N) is 1. The number of hydrogen-bond acceptors (Lipinski definition) is 7. The van der Waals surface area contributed by atoms with Crippen LogP contribution in [-0.4, -0.2) is 80.6 Å². The van der Waals surface area contributed by atoms with Gasteiger partial charge in [-0.2, -0.15) is 0 Å². The number of rotatable bonds is 3. The molecule has 0 aromatic carbocycles. The molecule has 1 saturated carbocycles. The summed E-state index contributed by atoms with van der Waals surface area (Å²) in [4.78, 5) is 19.3. The second-order valence-electron chi connectivity index (χ2n) is 9.31. The van der Waals surface area contributed by atoms with Crippen LogP contribution in [0.4, 0.5) is 0 Å². The van der Waals surface area contributed by atoms with Crippen LogP contribution in [0.15, 0.2) is 12.3 Å². The summed E-state index contributed by atoms with van der Waals surface area (Å²) in [6.07, 6.45) is 6.19. The predicted octanol–water partition coefficient (Wildman–Crippen LogP) is 1.11. The number of pyridine rings is 1. The molecular formula is C22H31N3O6S. The molecule has 9 nitrogen and oxygen atoms in total. The van der Waals surface area contributed by atoms with E-state index in [9.17, 15) is 13.2 Å². The first-order valence-corrected chi connectivity index (χ1v) is 13.1. The zero-order valence-electron chi connectivity index (χ0n) is 18.4. The maximum atomic E-state index is 13.1. The molecule has 0 spiro atoms. The summed E-state index contributed by atoms with van der Waals surface area (Å²) in [5, 5.41) is -0.521. The van der Waals surface area contributed by atoms with Crippen molar-refractivity contribution in [2.45, 2.75) is 68.4 Å². The zero-order valence-corrected chi connectivity index (χ0v) is 19.2. The minimum Gasteiger partial charge on any atom is -0.467 e. The van der Waals surface area contributed by atoms with Gasteiger partial charge in [0.05, 0.1) is 32.0 Å².